The second-order valence-corrected chi connectivity index (χ2v) is 9.38. The van der Waals surface area contributed by atoms with E-state index in [0.29, 0.717) is 11.9 Å². The van der Waals surface area contributed by atoms with Gasteiger partial charge in [0, 0.05) is 11.9 Å². The van der Waals surface area contributed by atoms with Crippen LogP contribution in [-0.4, -0.2) is 24.0 Å². The molecule has 4 rings (SSSR count). The Balaban J connectivity index is 1.67. The fraction of sp³-hybridized carbons (Fsp3) is 0.0952. The highest BCUT2D eigenvalue weighted by molar-refractivity contribution is 7.94. The van der Waals surface area contributed by atoms with E-state index in [2.05, 4.69) is 15.0 Å². The number of aryl methyl sites for hydroxylation is 1. The minimum absolute atomic E-state index is 0.0464. The van der Waals surface area contributed by atoms with Crippen LogP contribution in [-0.2, 0) is 16.6 Å². The summed E-state index contributed by atoms with van der Waals surface area (Å²) in [5, 5.41) is 20.6. The van der Waals surface area contributed by atoms with Crippen LogP contribution < -0.4 is 4.72 Å². The lowest BCUT2D eigenvalue weighted by Gasteiger charge is -2.09. The minimum Gasteiger partial charge on any atom is -0.493 e. The number of benzene rings is 2. The molecule has 0 saturated heterocycles. The number of thiophene rings is 1. The molecule has 0 radical (unpaired) electrons. The summed E-state index contributed by atoms with van der Waals surface area (Å²) in [5.74, 6) is -0.829. The van der Waals surface area contributed by atoms with Gasteiger partial charge in [-0.05, 0) is 36.6 Å². The fourth-order valence-electron chi connectivity index (χ4n) is 3.21. The highest BCUT2D eigenvalue weighted by Crippen LogP contribution is 2.38. The molecule has 0 atom stereocenters. The molecular weight excluding hydrogens is 436 g/mol. The van der Waals surface area contributed by atoms with Crippen LogP contribution in [0.5, 0.6) is 5.88 Å². The number of para-hydroxylation sites is 2. The van der Waals surface area contributed by atoms with Crippen molar-refractivity contribution in [2.24, 2.45) is 10.2 Å². The van der Waals surface area contributed by atoms with Crippen LogP contribution in [0.3, 0.4) is 0 Å². The van der Waals surface area contributed by atoms with Crippen LogP contribution in [0.2, 0.25) is 0 Å². The molecule has 0 aliphatic rings. The first-order valence-electron chi connectivity index (χ1n) is 9.34. The molecule has 158 valence electrons. The SMILES string of the molecule is CCn1c(O)c(N=NC(=O)c2ccccc2NS(=O)(=O)c2cccs2)c2ccccc21. The van der Waals surface area contributed by atoms with Gasteiger partial charge in [-0.3, -0.25) is 9.52 Å². The first kappa shape index (κ1) is 20.8. The number of aromatic nitrogens is 1. The van der Waals surface area contributed by atoms with Gasteiger partial charge in [0.25, 0.3) is 15.9 Å². The van der Waals surface area contributed by atoms with Gasteiger partial charge >= 0.3 is 0 Å². The van der Waals surface area contributed by atoms with Gasteiger partial charge in [0.15, 0.2) is 5.69 Å². The summed E-state index contributed by atoms with van der Waals surface area (Å²) in [6.45, 7) is 2.40. The number of nitrogens with one attached hydrogen (secondary N) is 1. The van der Waals surface area contributed by atoms with Crippen molar-refractivity contribution < 1.29 is 18.3 Å². The monoisotopic (exact) mass is 454 g/mol. The van der Waals surface area contributed by atoms with Crippen LogP contribution in [0, 0.1) is 0 Å². The Morgan fingerprint density at radius 3 is 2.58 bits per heavy atom. The van der Waals surface area contributed by atoms with E-state index in [-0.39, 0.29) is 27.0 Å². The summed E-state index contributed by atoms with van der Waals surface area (Å²) in [4.78, 5) is 12.8. The second kappa shape index (κ2) is 8.32. The van der Waals surface area contributed by atoms with E-state index in [1.165, 1.54) is 18.2 Å². The van der Waals surface area contributed by atoms with E-state index >= 15 is 0 Å². The molecule has 2 heterocycles. The molecule has 1 amide bonds. The third kappa shape index (κ3) is 3.94. The van der Waals surface area contributed by atoms with Crippen LogP contribution >= 0.6 is 11.3 Å². The Bertz CT molecular complexity index is 1390. The summed E-state index contributed by atoms with van der Waals surface area (Å²) in [6.07, 6.45) is 0. The van der Waals surface area contributed by atoms with Crippen molar-refractivity contribution in [3.05, 3.63) is 71.6 Å². The smallest absolute Gasteiger partial charge is 0.297 e. The number of nitrogens with zero attached hydrogens (tertiary/aromatic N) is 3. The van der Waals surface area contributed by atoms with Crippen molar-refractivity contribution in [2.75, 3.05) is 4.72 Å². The molecule has 0 fully saturated rings. The van der Waals surface area contributed by atoms with Crippen molar-refractivity contribution in [1.29, 1.82) is 0 Å². The number of hydrogen-bond donors (Lipinski definition) is 2. The summed E-state index contributed by atoms with van der Waals surface area (Å²) in [6, 6.07) is 16.5. The van der Waals surface area contributed by atoms with Crippen molar-refractivity contribution in [3.63, 3.8) is 0 Å². The molecule has 0 unspecified atom stereocenters. The Morgan fingerprint density at radius 2 is 1.84 bits per heavy atom. The summed E-state index contributed by atoms with van der Waals surface area (Å²) >= 11 is 1.07. The number of carbonyl (C=O) groups is 1. The predicted molar refractivity (Wildman–Crippen MR) is 120 cm³/mol. The number of hydrogen-bond acceptors (Lipinski definition) is 6. The van der Waals surface area contributed by atoms with Gasteiger partial charge in [0.1, 0.15) is 4.21 Å². The molecule has 2 aromatic carbocycles. The summed E-state index contributed by atoms with van der Waals surface area (Å²) < 4.78 is 29.3. The van der Waals surface area contributed by atoms with Crippen LogP contribution in [0.4, 0.5) is 11.4 Å². The molecule has 10 heteroatoms. The quantitative estimate of drug-likeness (QED) is 0.392. The third-order valence-corrected chi connectivity index (χ3v) is 7.40. The van der Waals surface area contributed by atoms with E-state index in [0.717, 1.165) is 16.9 Å². The van der Waals surface area contributed by atoms with Gasteiger partial charge in [-0.25, -0.2) is 8.42 Å². The maximum Gasteiger partial charge on any atom is 0.297 e. The molecule has 0 aliphatic heterocycles. The van der Waals surface area contributed by atoms with Gasteiger partial charge < -0.3 is 9.67 Å². The average Bonchev–Trinajstić information content (AvgIpc) is 3.39. The van der Waals surface area contributed by atoms with E-state index < -0.39 is 15.9 Å². The van der Waals surface area contributed by atoms with Gasteiger partial charge in [-0.1, -0.05) is 36.4 Å². The van der Waals surface area contributed by atoms with E-state index in [4.69, 9.17) is 0 Å². The summed E-state index contributed by atoms with van der Waals surface area (Å²) in [5.41, 5.74) is 1.10. The lowest BCUT2D eigenvalue weighted by atomic mass is 10.2. The van der Waals surface area contributed by atoms with E-state index in [1.54, 1.807) is 40.3 Å². The van der Waals surface area contributed by atoms with Gasteiger partial charge in [-0.15, -0.1) is 21.6 Å². The molecule has 2 N–H and O–H groups in total. The number of aromatic hydroxyl groups is 1. The topological polar surface area (TPSA) is 113 Å². The number of amides is 1. The zero-order valence-electron chi connectivity index (χ0n) is 16.4. The van der Waals surface area contributed by atoms with E-state index in [1.807, 2.05) is 19.1 Å². The van der Waals surface area contributed by atoms with Gasteiger partial charge in [0.2, 0.25) is 5.88 Å². The Hall–Kier alpha value is -3.50. The number of azo groups is 1. The molecule has 0 aliphatic carbocycles. The molecule has 2 aromatic heterocycles. The maximum atomic E-state index is 12.8. The Morgan fingerprint density at radius 1 is 1.10 bits per heavy atom. The van der Waals surface area contributed by atoms with Crippen LogP contribution in [0.15, 0.2) is 80.5 Å². The Labute approximate surface area is 182 Å². The van der Waals surface area contributed by atoms with Crippen LogP contribution in [0.1, 0.15) is 17.3 Å². The van der Waals surface area contributed by atoms with Crippen molar-refractivity contribution in [1.82, 2.24) is 4.57 Å². The zero-order chi connectivity index (χ0) is 22.0. The predicted octanol–water partition coefficient (Wildman–Crippen LogP) is 5.15. The largest absolute Gasteiger partial charge is 0.493 e. The van der Waals surface area contributed by atoms with Gasteiger partial charge in [-0.2, -0.15) is 0 Å². The van der Waals surface area contributed by atoms with E-state index in [9.17, 15) is 18.3 Å². The highest BCUT2D eigenvalue weighted by atomic mass is 32.2. The molecular formula is C21H18N4O4S2. The lowest BCUT2D eigenvalue weighted by Crippen LogP contribution is -2.14. The average molecular weight is 455 g/mol. The first-order valence-corrected chi connectivity index (χ1v) is 11.7. The molecule has 0 spiro atoms. The molecule has 8 nitrogen and oxygen atoms in total. The van der Waals surface area contributed by atoms with Crippen LogP contribution in [0.25, 0.3) is 10.9 Å². The Kier molecular flexibility index (Phi) is 5.57. The molecule has 0 bridgehead atoms. The van der Waals surface area contributed by atoms with Gasteiger partial charge in [0.05, 0.1) is 16.8 Å². The third-order valence-electron chi connectivity index (χ3n) is 4.64. The highest BCUT2D eigenvalue weighted by Gasteiger charge is 2.20. The number of sulfonamides is 1. The molecule has 4 aromatic rings. The maximum absolute atomic E-state index is 12.8. The first-order chi connectivity index (χ1) is 14.9. The normalized spacial score (nSPS) is 11.9. The van der Waals surface area contributed by atoms with Crippen molar-refractivity contribution in [2.45, 2.75) is 17.7 Å². The number of carbonyl (C=O) groups excluding carboxylic acids is 1. The zero-order valence-corrected chi connectivity index (χ0v) is 18.0. The van der Waals surface area contributed by atoms with Crippen molar-refractivity contribution >= 4 is 49.5 Å². The summed E-state index contributed by atoms with van der Waals surface area (Å²) in [7, 11) is -3.83. The number of anilines is 1. The minimum atomic E-state index is -3.83. The number of fused-ring (bicyclic) bond motifs is 1. The number of rotatable bonds is 6. The fourth-order valence-corrected chi connectivity index (χ4v) is 5.28. The van der Waals surface area contributed by atoms with Crippen molar-refractivity contribution in [3.8, 4) is 5.88 Å². The standard InChI is InChI=1S/C21H18N4O4S2/c1-2-25-17-11-6-4-9-15(17)19(21(25)27)22-23-20(26)14-8-3-5-10-16(14)24-31(28,29)18-12-7-13-30-18/h3-13,24,27H,2H2,1H3. The molecule has 31 heavy (non-hydrogen) atoms. The second-order valence-electron chi connectivity index (χ2n) is 6.52. The molecule has 0 saturated carbocycles. The lowest BCUT2D eigenvalue weighted by molar-refractivity contribution is 0.0996.